The summed E-state index contributed by atoms with van der Waals surface area (Å²) >= 11 is 0. The Kier molecular flexibility index (Phi) is 4.22. The van der Waals surface area contributed by atoms with Gasteiger partial charge in [0.25, 0.3) is 0 Å². The van der Waals surface area contributed by atoms with E-state index in [1.807, 2.05) is 17.6 Å². The van der Waals surface area contributed by atoms with Gasteiger partial charge in [-0.25, -0.2) is 8.42 Å². The summed E-state index contributed by atoms with van der Waals surface area (Å²) in [7, 11) is -3.31. The van der Waals surface area contributed by atoms with Gasteiger partial charge in [-0.2, -0.15) is 0 Å². The van der Waals surface area contributed by atoms with Crippen molar-refractivity contribution in [1.29, 1.82) is 0 Å². The van der Waals surface area contributed by atoms with Gasteiger partial charge in [0.2, 0.25) is 10.0 Å². The lowest BCUT2D eigenvalue weighted by Crippen LogP contribution is -2.14. The third-order valence-electron chi connectivity index (χ3n) is 3.00. The maximum absolute atomic E-state index is 11.6. The molecule has 0 aliphatic rings. The van der Waals surface area contributed by atoms with Crippen LogP contribution in [-0.4, -0.2) is 31.8 Å². The van der Waals surface area contributed by atoms with E-state index in [0.29, 0.717) is 12.3 Å². The van der Waals surface area contributed by atoms with E-state index >= 15 is 0 Å². The summed E-state index contributed by atoms with van der Waals surface area (Å²) < 4.78 is 31.7. The van der Waals surface area contributed by atoms with E-state index in [9.17, 15) is 13.2 Å². The van der Waals surface area contributed by atoms with Gasteiger partial charge in [0.1, 0.15) is 6.54 Å². The number of aryl methyl sites for hydroxylation is 1. The smallest absolute Gasteiger partial charge is 0.325 e. The number of ether oxygens (including phenoxy) is 1. The Labute approximate surface area is 123 Å². The largest absolute Gasteiger partial charge is 0.465 e. The fourth-order valence-corrected chi connectivity index (χ4v) is 2.79. The van der Waals surface area contributed by atoms with Crippen molar-refractivity contribution in [2.24, 2.45) is 0 Å². The molecular formula is C14H18N2O4S. The standard InChI is InChI=1S/C14H18N2O4S/c1-4-20-14(17)9-16-10(2)7-11-8-12(5-6-13(11)16)15-21(3,18)19/h5-8,15H,4,9H2,1-3H3. The molecule has 0 aliphatic heterocycles. The van der Waals surface area contributed by atoms with E-state index in [2.05, 4.69) is 4.72 Å². The van der Waals surface area contributed by atoms with Gasteiger partial charge in [-0.15, -0.1) is 0 Å². The normalized spacial score (nSPS) is 11.6. The molecule has 0 spiro atoms. The molecule has 7 heteroatoms. The number of sulfonamides is 1. The predicted molar refractivity (Wildman–Crippen MR) is 81.8 cm³/mol. The third kappa shape index (κ3) is 3.75. The summed E-state index contributed by atoms with van der Waals surface area (Å²) in [5.74, 6) is -0.295. The summed E-state index contributed by atoms with van der Waals surface area (Å²) in [4.78, 5) is 11.6. The zero-order chi connectivity index (χ0) is 15.6. The van der Waals surface area contributed by atoms with Gasteiger partial charge in [0.05, 0.1) is 12.9 Å². The van der Waals surface area contributed by atoms with Crippen LogP contribution in [-0.2, 0) is 26.1 Å². The molecule has 114 valence electrons. The van der Waals surface area contributed by atoms with Crippen LogP contribution in [0.2, 0.25) is 0 Å². The van der Waals surface area contributed by atoms with E-state index in [1.54, 1.807) is 25.1 Å². The Hall–Kier alpha value is -2.02. The highest BCUT2D eigenvalue weighted by atomic mass is 32.2. The SMILES string of the molecule is CCOC(=O)Cn1c(C)cc2cc(NS(C)(=O)=O)ccc21. The van der Waals surface area contributed by atoms with Gasteiger partial charge in [0.15, 0.2) is 0 Å². The Bertz CT molecular complexity index is 778. The summed E-state index contributed by atoms with van der Waals surface area (Å²) in [6.45, 7) is 4.14. The Morgan fingerprint density at radius 1 is 1.33 bits per heavy atom. The molecule has 2 aromatic rings. The zero-order valence-electron chi connectivity index (χ0n) is 12.2. The first-order chi connectivity index (χ1) is 9.80. The van der Waals surface area contributed by atoms with Crippen LogP contribution in [0.1, 0.15) is 12.6 Å². The fourth-order valence-electron chi connectivity index (χ4n) is 2.23. The second kappa shape index (κ2) is 5.77. The Balaban J connectivity index is 2.37. The van der Waals surface area contributed by atoms with E-state index in [1.165, 1.54) is 0 Å². The third-order valence-corrected chi connectivity index (χ3v) is 3.61. The summed E-state index contributed by atoms with van der Waals surface area (Å²) in [5, 5.41) is 0.866. The van der Waals surface area contributed by atoms with Crippen molar-refractivity contribution in [3.8, 4) is 0 Å². The van der Waals surface area contributed by atoms with Crippen LogP contribution in [0.25, 0.3) is 10.9 Å². The molecule has 0 saturated heterocycles. The highest BCUT2D eigenvalue weighted by Gasteiger charge is 2.11. The van der Waals surface area contributed by atoms with Gasteiger partial charge in [0, 0.05) is 22.3 Å². The molecule has 1 N–H and O–H groups in total. The van der Waals surface area contributed by atoms with Gasteiger partial charge < -0.3 is 9.30 Å². The Morgan fingerprint density at radius 2 is 2.05 bits per heavy atom. The maximum atomic E-state index is 11.6. The summed E-state index contributed by atoms with van der Waals surface area (Å²) in [6, 6.07) is 7.10. The van der Waals surface area contributed by atoms with E-state index in [4.69, 9.17) is 4.74 Å². The number of aromatic nitrogens is 1. The topological polar surface area (TPSA) is 77.4 Å². The molecular weight excluding hydrogens is 292 g/mol. The minimum Gasteiger partial charge on any atom is -0.465 e. The van der Waals surface area contributed by atoms with Crippen LogP contribution >= 0.6 is 0 Å². The highest BCUT2D eigenvalue weighted by molar-refractivity contribution is 7.92. The monoisotopic (exact) mass is 310 g/mol. The lowest BCUT2D eigenvalue weighted by Gasteiger charge is -2.08. The minimum atomic E-state index is -3.31. The fraction of sp³-hybridized carbons (Fsp3) is 0.357. The molecule has 21 heavy (non-hydrogen) atoms. The molecule has 6 nitrogen and oxygen atoms in total. The number of carbonyl (C=O) groups excluding carboxylic acids is 1. The molecule has 0 fully saturated rings. The second-order valence-corrected chi connectivity index (χ2v) is 6.57. The van der Waals surface area contributed by atoms with Crippen molar-refractivity contribution in [3.05, 3.63) is 30.0 Å². The average molecular weight is 310 g/mol. The van der Waals surface area contributed by atoms with E-state index < -0.39 is 10.0 Å². The molecule has 0 bridgehead atoms. The molecule has 0 atom stereocenters. The molecule has 1 heterocycles. The number of rotatable bonds is 5. The van der Waals surface area contributed by atoms with Crippen LogP contribution in [0.15, 0.2) is 24.3 Å². The van der Waals surface area contributed by atoms with E-state index in [0.717, 1.165) is 22.9 Å². The summed E-state index contributed by atoms with van der Waals surface area (Å²) in [5.41, 5.74) is 2.27. The number of hydrogen-bond acceptors (Lipinski definition) is 4. The van der Waals surface area contributed by atoms with Gasteiger partial charge in [-0.1, -0.05) is 0 Å². The number of hydrogen-bond donors (Lipinski definition) is 1. The number of anilines is 1. The van der Waals surface area contributed by atoms with Crippen LogP contribution < -0.4 is 4.72 Å². The molecule has 0 radical (unpaired) electrons. The van der Waals surface area contributed by atoms with Crippen molar-refractivity contribution in [1.82, 2.24) is 4.57 Å². The number of fused-ring (bicyclic) bond motifs is 1. The number of nitrogens with zero attached hydrogens (tertiary/aromatic N) is 1. The van der Waals surface area contributed by atoms with Crippen molar-refractivity contribution in [2.45, 2.75) is 20.4 Å². The number of benzene rings is 1. The van der Waals surface area contributed by atoms with Crippen molar-refractivity contribution in [2.75, 3.05) is 17.6 Å². The maximum Gasteiger partial charge on any atom is 0.325 e. The quantitative estimate of drug-likeness (QED) is 0.855. The zero-order valence-corrected chi connectivity index (χ0v) is 13.0. The predicted octanol–water partition coefficient (Wildman–Crippen LogP) is 1.88. The van der Waals surface area contributed by atoms with Gasteiger partial charge >= 0.3 is 5.97 Å². The first-order valence-corrected chi connectivity index (χ1v) is 8.42. The molecule has 0 amide bonds. The molecule has 0 unspecified atom stereocenters. The average Bonchev–Trinajstić information content (AvgIpc) is 2.63. The molecule has 2 rings (SSSR count). The van der Waals surface area contributed by atoms with Crippen molar-refractivity contribution in [3.63, 3.8) is 0 Å². The molecule has 1 aromatic carbocycles. The van der Waals surface area contributed by atoms with Crippen LogP contribution in [0.5, 0.6) is 0 Å². The number of esters is 1. The van der Waals surface area contributed by atoms with Crippen molar-refractivity contribution >= 4 is 32.6 Å². The number of nitrogens with one attached hydrogen (secondary N) is 1. The lowest BCUT2D eigenvalue weighted by molar-refractivity contribution is -0.143. The second-order valence-electron chi connectivity index (χ2n) is 4.82. The van der Waals surface area contributed by atoms with Crippen LogP contribution in [0, 0.1) is 6.92 Å². The molecule has 0 saturated carbocycles. The lowest BCUT2D eigenvalue weighted by atomic mass is 10.2. The number of carbonyl (C=O) groups is 1. The van der Waals surface area contributed by atoms with Crippen LogP contribution in [0.3, 0.4) is 0 Å². The van der Waals surface area contributed by atoms with Crippen molar-refractivity contribution < 1.29 is 17.9 Å². The first-order valence-electron chi connectivity index (χ1n) is 6.53. The van der Waals surface area contributed by atoms with Crippen LogP contribution in [0.4, 0.5) is 5.69 Å². The highest BCUT2D eigenvalue weighted by Crippen LogP contribution is 2.23. The summed E-state index contributed by atoms with van der Waals surface area (Å²) in [6.07, 6.45) is 1.11. The minimum absolute atomic E-state index is 0.141. The first kappa shape index (κ1) is 15.4. The molecule has 1 aromatic heterocycles. The van der Waals surface area contributed by atoms with Gasteiger partial charge in [-0.3, -0.25) is 9.52 Å². The van der Waals surface area contributed by atoms with E-state index in [-0.39, 0.29) is 12.5 Å². The Morgan fingerprint density at radius 3 is 2.67 bits per heavy atom. The van der Waals surface area contributed by atoms with Gasteiger partial charge in [-0.05, 0) is 38.1 Å². The molecule has 0 aliphatic carbocycles.